The smallest absolute Gasteiger partial charge is 0.282 e. The third-order valence-corrected chi connectivity index (χ3v) is 3.00. The number of amides is 2. The molecular weight excluding hydrogens is 238 g/mol. The topological polar surface area (TPSA) is 107 Å². The lowest BCUT2D eigenvalue weighted by Crippen LogP contribution is -2.31. The molecule has 0 aromatic heterocycles. The number of carbonyl (C=O) groups excluding carboxylic acids is 2. The lowest BCUT2D eigenvalue weighted by molar-refractivity contribution is -0.385. The van der Waals surface area contributed by atoms with Crippen molar-refractivity contribution in [1.29, 1.82) is 0 Å². The molecule has 7 heteroatoms. The minimum Gasteiger partial charge on any atom is -0.365 e. The number of anilines is 1. The van der Waals surface area contributed by atoms with Gasteiger partial charge in [0.25, 0.3) is 11.6 Å². The maximum Gasteiger partial charge on any atom is 0.282 e. The summed E-state index contributed by atoms with van der Waals surface area (Å²) in [5, 5.41) is 10.9. The molecule has 0 fully saturated rings. The number of hydrogen-bond donors (Lipinski definition) is 1. The van der Waals surface area contributed by atoms with Crippen LogP contribution in [0.15, 0.2) is 12.1 Å². The third kappa shape index (κ3) is 1.79. The SMILES string of the molecule is CN1C(=O)CCc2cc([N+](=O)[O-])c(C(N)=O)cc21. The molecule has 1 aliphatic rings. The number of hydrogen-bond acceptors (Lipinski definition) is 4. The first-order valence-electron chi connectivity index (χ1n) is 5.29. The Kier molecular flexibility index (Phi) is 2.74. The number of carbonyl (C=O) groups is 2. The number of aryl methyl sites for hydroxylation is 1. The molecule has 2 rings (SSSR count). The van der Waals surface area contributed by atoms with E-state index in [2.05, 4.69) is 0 Å². The average molecular weight is 249 g/mol. The zero-order chi connectivity index (χ0) is 13.4. The summed E-state index contributed by atoms with van der Waals surface area (Å²) in [4.78, 5) is 34.4. The number of nitrogens with two attached hydrogens (primary N) is 1. The lowest BCUT2D eigenvalue weighted by atomic mass is 9.98. The maximum atomic E-state index is 11.5. The van der Waals surface area contributed by atoms with Crippen LogP contribution >= 0.6 is 0 Å². The highest BCUT2D eigenvalue weighted by Gasteiger charge is 2.27. The van der Waals surface area contributed by atoms with Crippen LogP contribution in [-0.4, -0.2) is 23.8 Å². The standard InChI is InChI=1S/C11H11N3O4/c1-13-8-5-7(11(12)16)9(14(17)18)4-6(8)2-3-10(13)15/h4-5H,2-3H2,1H3,(H2,12,16). The van der Waals surface area contributed by atoms with Crippen LogP contribution in [0, 0.1) is 10.1 Å². The van der Waals surface area contributed by atoms with Gasteiger partial charge >= 0.3 is 0 Å². The number of nitro benzene ring substituents is 1. The van der Waals surface area contributed by atoms with Gasteiger partial charge in [-0.2, -0.15) is 0 Å². The molecule has 1 aromatic rings. The third-order valence-electron chi connectivity index (χ3n) is 3.00. The van der Waals surface area contributed by atoms with Crippen LogP contribution < -0.4 is 10.6 Å². The molecule has 2 N–H and O–H groups in total. The lowest BCUT2D eigenvalue weighted by Gasteiger charge is -2.25. The minimum atomic E-state index is -0.879. The first-order chi connectivity index (χ1) is 8.41. The van der Waals surface area contributed by atoms with E-state index in [1.54, 1.807) is 7.05 Å². The molecule has 1 heterocycles. The monoisotopic (exact) mass is 249 g/mol. The van der Waals surface area contributed by atoms with E-state index in [-0.39, 0.29) is 17.2 Å². The van der Waals surface area contributed by atoms with Gasteiger partial charge in [-0.05, 0) is 18.1 Å². The molecule has 0 atom stereocenters. The molecule has 1 aromatic carbocycles. The summed E-state index contributed by atoms with van der Waals surface area (Å²) in [5.41, 5.74) is 5.80. The van der Waals surface area contributed by atoms with Crippen molar-refractivity contribution in [3.05, 3.63) is 33.4 Å². The van der Waals surface area contributed by atoms with Gasteiger partial charge in [-0.15, -0.1) is 0 Å². The summed E-state index contributed by atoms with van der Waals surface area (Å²) < 4.78 is 0. The summed E-state index contributed by atoms with van der Waals surface area (Å²) in [6, 6.07) is 2.63. The second-order valence-electron chi connectivity index (χ2n) is 4.07. The van der Waals surface area contributed by atoms with E-state index in [4.69, 9.17) is 5.73 Å². The first-order valence-corrected chi connectivity index (χ1v) is 5.29. The summed E-state index contributed by atoms with van der Waals surface area (Å²) in [5.74, 6) is -0.970. The van der Waals surface area contributed by atoms with Crippen molar-refractivity contribution in [2.45, 2.75) is 12.8 Å². The fourth-order valence-electron chi connectivity index (χ4n) is 2.02. The Bertz CT molecular complexity index is 568. The van der Waals surface area contributed by atoms with Crippen LogP contribution in [0.3, 0.4) is 0 Å². The van der Waals surface area contributed by atoms with Gasteiger partial charge in [0.2, 0.25) is 5.91 Å². The second-order valence-corrected chi connectivity index (χ2v) is 4.07. The molecule has 2 amide bonds. The van der Waals surface area contributed by atoms with Crippen LogP contribution in [0.5, 0.6) is 0 Å². The fraction of sp³-hybridized carbons (Fsp3) is 0.273. The molecule has 0 bridgehead atoms. The average Bonchev–Trinajstić information content (AvgIpc) is 2.32. The quantitative estimate of drug-likeness (QED) is 0.611. The fourth-order valence-corrected chi connectivity index (χ4v) is 2.02. The molecule has 0 spiro atoms. The highest BCUT2D eigenvalue weighted by atomic mass is 16.6. The largest absolute Gasteiger partial charge is 0.365 e. The van der Waals surface area contributed by atoms with E-state index in [1.807, 2.05) is 0 Å². The molecule has 0 radical (unpaired) electrons. The molecule has 0 saturated carbocycles. The Morgan fingerprint density at radius 3 is 2.67 bits per heavy atom. The van der Waals surface area contributed by atoms with E-state index in [9.17, 15) is 19.7 Å². The van der Waals surface area contributed by atoms with Crippen LogP contribution in [0.25, 0.3) is 0 Å². The number of primary amides is 1. The molecule has 0 aliphatic carbocycles. The van der Waals surface area contributed by atoms with Crippen LogP contribution in [0.4, 0.5) is 11.4 Å². The Balaban J connectivity index is 2.65. The molecule has 1 aliphatic heterocycles. The van der Waals surface area contributed by atoms with Crippen molar-refractivity contribution in [3.63, 3.8) is 0 Å². The van der Waals surface area contributed by atoms with Crippen molar-refractivity contribution >= 4 is 23.2 Å². The molecule has 7 nitrogen and oxygen atoms in total. The summed E-state index contributed by atoms with van der Waals surface area (Å²) in [6.45, 7) is 0. The number of nitro groups is 1. The Morgan fingerprint density at radius 2 is 2.11 bits per heavy atom. The summed E-state index contributed by atoms with van der Waals surface area (Å²) in [6.07, 6.45) is 0.731. The van der Waals surface area contributed by atoms with Gasteiger partial charge in [0, 0.05) is 25.2 Å². The number of benzene rings is 1. The van der Waals surface area contributed by atoms with Crippen molar-refractivity contribution in [2.24, 2.45) is 5.73 Å². The minimum absolute atomic E-state index is 0.0910. The number of rotatable bonds is 2. The van der Waals surface area contributed by atoms with Crippen LogP contribution in [0.1, 0.15) is 22.3 Å². The Labute approximate surface area is 102 Å². The molecule has 0 saturated heterocycles. The van der Waals surface area contributed by atoms with Gasteiger partial charge < -0.3 is 10.6 Å². The zero-order valence-corrected chi connectivity index (χ0v) is 9.67. The van der Waals surface area contributed by atoms with E-state index in [1.165, 1.54) is 17.0 Å². The number of nitrogens with zero attached hydrogens (tertiary/aromatic N) is 2. The van der Waals surface area contributed by atoms with Gasteiger partial charge in [0.05, 0.1) is 4.92 Å². The highest BCUT2D eigenvalue weighted by molar-refractivity contribution is 6.02. The molecule has 94 valence electrons. The van der Waals surface area contributed by atoms with E-state index in [0.717, 1.165) is 0 Å². The summed E-state index contributed by atoms with van der Waals surface area (Å²) >= 11 is 0. The highest BCUT2D eigenvalue weighted by Crippen LogP contribution is 2.32. The number of fused-ring (bicyclic) bond motifs is 1. The van der Waals surface area contributed by atoms with Crippen molar-refractivity contribution in [1.82, 2.24) is 0 Å². The van der Waals surface area contributed by atoms with Gasteiger partial charge in [0.15, 0.2) is 0 Å². The Hall–Kier alpha value is -2.44. The van der Waals surface area contributed by atoms with E-state index < -0.39 is 10.8 Å². The van der Waals surface area contributed by atoms with Crippen molar-refractivity contribution in [3.8, 4) is 0 Å². The van der Waals surface area contributed by atoms with Gasteiger partial charge in [-0.25, -0.2) is 0 Å². The zero-order valence-electron chi connectivity index (χ0n) is 9.67. The van der Waals surface area contributed by atoms with Gasteiger partial charge in [0.1, 0.15) is 5.56 Å². The maximum absolute atomic E-state index is 11.5. The van der Waals surface area contributed by atoms with Crippen molar-refractivity contribution in [2.75, 3.05) is 11.9 Å². The summed E-state index contributed by atoms with van der Waals surface area (Å²) in [7, 11) is 1.57. The van der Waals surface area contributed by atoms with E-state index in [0.29, 0.717) is 24.1 Å². The van der Waals surface area contributed by atoms with Gasteiger partial charge in [-0.3, -0.25) is 19.7 Å². The van der Waals surface area contributed by atoms with Crippen molar-refractivity contribution < 1.29 is 14.5 Å². The van der Waals surface area contributed by atoms with E-state index >= 15 is 0 Å². The molecule has 0 unspecified atom stereocenters. The molecule has 18 heavy (non-hydrogen) atoms. The normalized spacial score (nSPS) is 14.3. The van der Waals surface area contributed by atoms with Gasteiger partial charge in [-0.1, -0.05) is 0 Å². The second kappa shape index (κ2) is 4.10. The molecular formula is C11H11N3O4. The first kappa shape index (κ1) is 12.0. The van der Waals surface area contributed by atoms with Crippen LogP contribution in [-0.2, 0) is 11.2 Å². The predicted octanol–water partition coefficient (Wildman–Crippen LogP) is 0.603. The van der Waals surface area contributed by atoms with Crippen LogP contribution in [0.2, 0.25) is 0 Å². The Morgan fingerprint density at radius 1 is 1.44 bits per heavy atom. The predicted molar refractivity (Wildman–Crippen MR) is 63.3 cm³/mol.